The zero-order chi connectivity index (χ0) is 13.3. The number of benzene rings is 1. The number of hydrogen-bond donors (Lipinski definition) is 0. The van der Waals surface area contributed by atoms with Crippen molar-refractivity contribution in [2.24, 2.45) is 0 Å². The van der Waals surface area contributed by atoms with Crippen LogP contribution < -0.4 is 0 Å². The molecule has 3 heteroatoms. The number of esters is 1. The second-order valence-corrected chi connectivity index (χ2v) is 5.11. The number of aryl methyl sites for hydroxylation is 1. The van der Waals surface area contributed by atoms with Crippen LogP contribution in [-0.4, -0.2) is 17.7 Å². The van der Waals surface area contributed by atoms with Crippen LogP contribution in [-0.2, 0) is 14.3 Å². The highest BCUT2D eigenvalue weighted by atomic mass is 16.7. The summed E-state index contributed by atoms with van der Waals surface area (Å²) in [4.78, 5) is 12.1. The van der Waals surface area contributed by atoms with Crippen molar-refractivity contribution in [2.75, 3.05) is 0 Å². The van der Waals surface area contributed by atoms with Crippen molar-refractivity contribution in [1.29, 1.82) is 0 Å². The third-order valence-corrected chi connectivity index (χ3v) is 3.29. The summed E-state index contributed by atoms with van der Waals surface area (Å²) in [6.45, 7) is 7.70. The van der Waals surface area contributed by atoms with Gasteiger partial charge >= 0.3 is 5.97 Å². The third kappa shape index (κ3) is 2.27. The summed E-state index contributed by atoms with van der Waals surface area (Å²) in [5, 5.41) is 0. The van der Waals surface area contributed by atoms with Crippen LogP contribution in [0.5, 0.6) is 0 Å². The maximum Gasteiger partial charge on any atom is 0.341 e. The van der Waals surface area contributed by atoms with Gasteiger partial charge in [0.2, 0.25) is 0 Å². The van der Waals surface area contributed by atoms with E-state index in [0.717, 1.165) is 5.56 Å². The van der Waals surface area contributed by atoms with Crippen LogP contribution in [0.15, 0.2) is 24.3 Å². The van der Waals surface area contributed by atoms with Gasteiger partial charge in [-0.05, 0) is 32.8 Å². The van der Waals surface area contributed by atoms with E-state index in [2.05, 4.69) is 0 Å². The first kappa shape index (κ1) is 13.1. The topological polar surface area (TPSA) is 38.8 Å². The molecule has 1 aromatic carbocycles. The summed E-state index contributed by atoms with van der Waals surface area (Å²) in [6.07, 6.45) is 0.370. The molecule has 0 saturated carbocycles. The minimum absolute atomic E-state index is 0.108. The van der Waals surface area contributed by atoms with Crippen LogP contribution in [0.1, 0.15) is 44.4 Å². The van der Waals surface area contributed by atoms with Crippen LogP contribution >= 0.6 is 0 Å². The van der Waals surface area contributed by atoms with Gasteiger partial charge in [0.1, 0.15) is 6.10 Å². The molecule has 98 valence electrons. The van der Waals surface area contributed by atoms with Gasteiger partial charge in [0.15, 0.2) is 5.60 Å². The van der Waals surface area contributed by atoms with Gasteiger partial charge in [-0.2, -0.15) is 0 Å². The third-order valence-electron chi connectivity index (χ3n) is 3.29. The number of hydrogen-bond acceptors (Lipinski definition) is 3. The molecule has 0 N–H and O–H groups in total. The normalized spacial score (nSPS) is 26.2. The largest absolute Gasteiger partial charge is 0.461 e. The van der Waals surface area contributed by atoms with Crippen molar-refractivity contribution in [1.82, 2.24) is 0 Å². The second kappa shape index (κ2) is 4.73. The van der Waals surface area contributed by atoms with E-state index in [-0.39, 0.29) is 18.2 Å². The molecule has 2 atom stereocenters. The lowest BCUT2D eigenvalue weighted by Gasteiger charge is -2.13. The number of epoxide rings is 1. The van der Waals surface area contributed by atoms with Crippen molar-refractivity contribution >= 4 is 5.97 Å². The van der Waals surface area contributed by atoms with E-state index in [1.165, 1.54) is 5.56 Å². The highest BCUT2D eigenvalue weighted by Crippen LogP contribution is 2.52. The first-order valence-corrected chi connectivity index (χ1v) is 6.45. The predicted octanol–water partition coefficient (Wildman–Crippen LogP) is 3.17. The average molecular weight is 248 g/mol. The predicted molar refractivity (Wildman–Crippen MR) is 69.3 cm³/mol. The van der Waals surface area contributed by atoms with Gasteiger partial charge in [-0.15, -0.1) is 0 Å². The Hall–Kier alpha value is -1.35. The molecule has 1 aliphatic rings. The van der Waals surface area contributed by atoms with Crippen molar-refractivity contribution in [3.05, 3.63) is 35.4 Å². The van der Waals surface area contributed by atoms with Crippen LogP contribution in [0.25, 0.3) is 0 Å². The minimum atomic E-state index is -0.764. The molecule has 1 saturated heterocycles. The molecule has 1 aliphatic heterocycles. The molecule has 1 heterocycles. The molecular formula is C15H20O3. The van der Waals surface area contributed by atoms with Gasteiger partial charge in [0.25, 0.3) is 0 Å². The van der Waals surface area contributed by atoms with Crippen LogP contribution in [0, 0.1) is 6.92 Å². The SMILES string of the molecule is CCC1(C(=O)OC(C)C)OC1c1ccc(C)cc1. The summed E-state index contributed by atoms with van der Waals surface area (Å²) < 4.78 is 10.9. The highest BCUT2D eigenvalue weighted by Gasteiger charge is 2.63. The van der Waals surface area contributed by atoms with Gasteiger partial charge in [0.05, 0.1) is 6.10 Å². The Morgan fingerprint density at radius 3 is 2.50 bits per heavy atom. The van der Waals surface area contributed by atoms with E-state index in [4.69, 9.17) is 9.47 Å². The quantitative estimate of drug-likeness (QED) is 0.607. The number of carbonyl (C=O) groups is 1. The van der Waals surface area contributed by atoms with E-state index in [1.54, 1.807) is 0 Å². The first-order valence-electron chi connectivity index (χ1n) is 6.45. The zero-order valence-electron chi connectivity index (χ0n) is 11.4. The molecule has 2 unspecified atom stereocenters. The van der Waals surface area contributed by atoms with E-state index in [1.807, 2.05) is 52.0 Å². The monoisotopic (exact) mass is 248 g/mol. The lowest BCUT2D eigenvalue weighted by molar-refractivity contribution is -0.154. The summed E-state index contributed by atoms with van der Waals surface area (Å²) in [5.74, 6) is -0.245. The molecule has 1 fully saturated rings. The van der Waals surface area contributed by atoms with Crippen molar-refractivity contribution in [3.63, 3.8) is 0 Å². The average Bonchev–Trinajstić information content (AvgIpc) is 3.05. The minimum Gasteiger partial charge on any atom is -0.461 e. The van der Waals surface area contributed by atoms with Gasteiger partial charge in [-0.1, -0.05) is 36.8 Å². The summed E-state index contributed by atoms with van der Waals surface area (Å²) >= 11 is 0. The van der Waals surface area contributed by atoms with E-state index in [0.29, 0.717) is 6.42 Å². The van der Waals surface area contributed by atoms with Crippen LogP contribution in [0.4, 0.5) is 0 Å². The summed E-state index contributed by atoms with van der Waals surface area (Å²) in [7, 11) is 0. The lowest BCUT2D eigenvalue weighted by atomic mass is 9.96. The van der Waals surface area contributed by atoms with Crippen molar-refractivity contribution in [3.8, 4) is 0 Å². The Kier molecular flexibility index (Phi) is 3.44. The van der Waals surface area contributed by atoms with Crippen molar-refractivity contribution < 1.29 is 14.3 Å². The fraction of sp³-hybridized carbons (Fsp3) is 0.533. The molecular weight excluding hydrogens is 228 g/mol. The highest BCUT2D eigenvalue weighted by molar-refractivity contribution is 5.84. The number of rotatable bonds is 4. The maximum absolute atomic E-state index is 12.1. The number of carbonyl (C=O) groups excluding carboxylic acids is 1. The molecule has 0 radical (unpaired) electrons. The Labute approximate surface area is 108 Å². The Morgan fingerprint density at radius 2 is 2.00 bits per heavy atom. The van der Waals surface area contributed by atoms with E-state index >= 15 is 0 Å². The van der Waals surface area contributed by atoms with Gasteiger partial charge in [0, 0.05) is 0 Å². The summed E-state index contributed by atoms with van der Waals surface area (Å²) in [6, 6.07) is 8.09. The Morgan fingerprint density at radius 1 is 1.39 bits per heavy atom. The fourth-order valence-corrected chi connectivity index (χ4v) is 2.14. The van der Waals surface area contributed by atoms with Crippen LogP contribution in [0.2, 0.25) is 0 Å². The van der Waals surface area contributed by atoms with E-state index < -0.39 is 5.60 Å². The Bertz CT molecular complexity index is 436. The molecule has 1 aromatic rings. The molecule has 0 amide bonds. The van der Waals surface area contributed by atoms with Gasteiger partial charge < -0.3 is 9.47 Å². The van der Waals surface area contributed by atoms with Gasteiger partial charge in [-0.3, -0.25) is 0 Å². The van der Waals surface area contributed by atoms with Crippen molar-refractivity contribution in [2.45, 2.75) is 51.9 Å². The lowest BCUT2D eigenvalue weighted by Crippen LogP contribution is -2.29. The fourth-order valence-electron chi connectivity index (χ4n) is 2.14. The Balaban J connectivity index is 2.14. The molecule has 0 spiro atoms. The first-order chi connectivity index (χ1) is 8.49. The second-order valence-electron chi connectivity index (χ2n) is 5.11. The molecule has 3 nitrogen and oxygen atoms in total. The molecule has 18 heavy (non-hydrogen) atoms. The number of ether oxygens (including phenoxy) is 2. The van der Waals surface area contributed by atoms with E-state index in [9.17, 15) is 4.79 Å². The smallest absolute Gasteiger partial charge is 0.341 e. The molecule has 0 aromatic heterocycles. The van der Waals surface area contributed by atoms with Crippen LogP contribution in [0.3, 0.4) is 0 Å². The molecule has 0 bridgehead atoms. The molecule has 0 aliphatic carbocycles. The zero-order valence-corrected chi connectivity index (χ0v) is 11.4. The summed E-state index contributed by atoms with van der Waals surface area (Å²) in [5.41, 5.74) is 1.48. The molecule has 2 rings (SSSR count). The van der Waals surface area contributed by atoms with Gasteiger partial charge in [-0.25, -0.2) is 4.79 Å². The maximum atomic E-state index is 12.1. The standard InChI is InChI=1S/C15H20O3/c1-5-15(14(16)17-10(2)3)13(18-15)12-8-6-11(4)7-9-12/h6-10,13H,5H2,1-4H3.